The first-order valence-corrected chi connectivity index (χ1v) is 12.0. The monoisotopic (exact) mass is 514 g/mol. The Labute approximate surface area is 199 Å². The molecule has 1 N–H and O–H groups in total. The van der Waals surface area contributed by atoms with Gasteiger partial charge in [0.2, 0.25) is 11.0 Å². The van der Waals surface area contributed by atoms with E-state index in [4.69, 9.17) is 14.2 Å². The molecule has 1 aliphatic heterocycles. The van der Waals surface area contributed by atoms with E-state index in [1.54, 1.807) is 6.08 Å². The molecular weight excluding hydrogens is 492 g/mol. The molecule has 2 heterocycles. The van der Waals surface area contributed by atoms with Crippen molar-refractivity contribution in [2.45, 2.75) is 25.2 Å². The molecule has 4 rings (SSSR count). The average Bonchev–Trinajstić information content (AvgIpc) is 2.95. The van der Waals surface area contributed by atoms with Gasteiger partial charge in [0.15, 0.2) is 23.4 Å². The first-order valence-electron chi connectivity index (χ1n) is 10.2. The van der Waals surface area contributed by atoms with Crippen molar-refractivity contribution in [1.82, 2.24) is 15.2 Å². The van der Waals surface area contributed by atoms with Gasteiger partial charge in [-0.2, -0.15) is 4.98 Å². The van der Waals surface area contributed by atoms with Gasteiger partial charge in [0.25, 0.3) is 0 Å². The van der Waals surface area contributed by atoms with E-state index in [1.807, 2.05) is 50.2 Å². The van der Waals surface area contributed by atoms with Gasteiger partial charge in [-0.25, -0.2) is 0 Å². The van der Waals surface area contributed by atoms with E-state index in [-0.39, 0.29) is 0 Å². The van der Waals surface area contributed by atoms with Crippen LogP contribution in [0.15, 0.2) is 58.7 Å². The minimum atomic E-state index is -0.530. The van der Waals surface area contributed by atoms with Crippen LogP contribution in [0.2, 0.25) is 0 Å². The summed E-state index contributed by atoms with van der Waals surface area (Å²) in [5.74, 6) is 2.51. The van der Waals surface area contributed by atoms with Crippen LogP contribution in [0, 0.1) is 0 Å². The molecule has 9 heteroatoms. The molecule has 0 fully saturated rings. The highest BCUT2D eigenvalue weighted by atomic mass is 79.9. The maximum atomic E-state index is 6.35. The van der Waals surface area contributed by atoms with Crippen LogP contribution in [-0.2, 0) is 0 Å². The zero-order chi connectivity index (χ0) is 22.5. The number of para-hydroxylation sites is 1. The molecule has 32 heavy (non-hydrogen) atoms. The first-order chi connectivity index (χ1) is 15.6. The molecule has 1 aromatic heterocycles. The van der Waals surface area contributed by atoms with Gasteiger partial charge in [0.1, 0.15) is 6.61 Å². The van der Waals surface area contributed by atoms with Gasteiger partial charge in [-0.15, -0.1) is 10.2 Å². The summed E-state index contributed by atoms with van der Waals surface area (Å²) in [7, 11) is 0. The molecule has 0 radical (unpaired) electrons. The van der Waals surface area contributed by atoms with Gasteiger partial charge >= 0.3 is 0 Å². The van der Waals surface area contributed by atoms with Gasteiger partial charge in [-0.1, -0.05) is 49.5 Å². The number of rotatable bonds is 8. The second-order valence-electron chi connectivity index (χ2n) is 6.73. The molecule has 166 valence electrons. The number of nitrogens with zero attached hydrogens (tertiary/aromatic N) is 3. The van der Waals surface area contributed by atoms with E-state index >= 15 is 0 Å². The summed E-state index contributed by atoms with van der Waals surface area (Å²) in [6.07, 6.45) is 1.16. The van der Waals surface area contributed by atoms with Crippen molar-refractivity contribution in [3.8, 4) is 28.6 Å². The van der Waals surface area contributed by atoms with E-state index in [1.165, 1.54) is 11.8 Å². The number of nitrogens with one attached hydrogen (secondary N) is 1. The molecule has 7 nitrogen and oxygen atoms in total. The summed E-state index contributed by atoms with van der Waals surface area (Å²) >= 11 is 5.13. The van der Waals surface area contributed by atoms with Crippen LogP contribution in [0.5, 0.6) is 17.4 Å². The van der Waals surface area contributed by atoms with E-state index in [9.17, 15) is 0 Å². The molecule has 0 saturated heterocycles. The Hall–Kier alpha value is -2.78. The van der Waals surface area contributed by atoms with Crippen molar-refractivity contribution < 1.29 is 14.2 Å². The minimum absolute atomic E-state index is 0.372. The Bertz CT molecular complexity index is 1130. The summed E-state index contributed by atoms with van der Waals surface area (Å²) in [5.41, 5.74) is 3.21. The molecule has 0 bridgehead atoms. The van der Waals surface area contributed by atoms with Gasteiger partial charge in [0, 0.05) is 16.8 Å². The fourth-order valence-electron chi connectivity index (χ4n) is 3.27. The van der Waals surface area contributed by atoms with Gasteiger partial charge in [-0.3, -0.25) is 0 Å². The third-order valence-electron chi connectivity index (χ3n) is 4.59. The van der Waals surface area contributed by atoms with E-state index < -0.39 is 6.23 Å². The highest BCUT2D eigenvalue weighted by Crippen LogP contribution is 2.43. The van der Waals surface area contributed by atoms with Crippen LogP contribution in [0.25, 0.3) is 11.3 Å². The number of halogens is 1. The number of thioether (sulfide) groups is 1. The van der Waals surface area contributed by atoms with Crippen molar-refractivity contribution in [3.05, 3.63) is 59.1 Å². The van der Waals surface area contributed by atoms with E-state index in [2.05, 4.69) is 43.0 Å². The summed E-state index contributed by atoms with van der Waals surface area (Å²) in [6, 6.07) is 11.7. The van der Waals surface area contributed by atoms with Crippen LogP contribution in [0.1, 0.15) is 25.6 Å². The highest BCUT2D eigenvalue weighted by Gasteiger charge is 2.27. The molecule has 0 spiro atoms. The molecule has 0 amide bonds. The number of hydrogen-bond acceptors (Lipinski definition) is 8. The van der Waals surface area contributed by atoms with Crippen LogP contribution in [-0.4, -0.2) is 34.1 Å². The zero-order valence-corrected chi connectivity index (χ0v) is 20.2. The topological polar surface area (TPSA) is 78.4 Å². The predicted octanol–water partition coefficient (Wildman–Crippen LogP) is 5.88. The fraction of sp³-hybridized carbons (Fsp3) is 0.261. The maximum Gasteiger partial charge on any atom is 0.247 e. The summed E-state index contributed by atoms with van der Waals surface area (Å²) in [4.78, 5) is 4.63. The normalized spacial score (nSPS) is 14.3. The van der Waals surface area contributed by atoms with E-state index in [0.717, 1.165) is 27.0 Å². The maximum absolute atomic E-state index is 6.35. The van der Waals surface area contributed by atoms with Crippen LogP contribution >= 0.6 is 27.7 Å². The quantitative estimate of drug-likeness (QED) is 0.295. The van der Waals surface area contributed by atoms with Crippen LogP contribution < -0.4 is 19.5 Å². The van der Waals surface area contributed by atoms with Gasteiger partial charge < -0.3 is 19.5 Å². The zero-order valence-electron chi connectivity index (χ0n) is 17.8. The number of fused-ring (bicyclic) bond motifs is 3. The predicted molar refractivity (Wildman–Crippen MR) is 130 cm³/mol. The Kier molecular flexibility index (Phi) is 7.16. The average molecular weight is 515 g/mol. The Morgan fingerprint density at radius 3 is 2.84 bits per heavy atom. The lowest BCUT2D eigenvalue weighted by Crippen LogP contribution is -2.17. The molecule has 0 unspecified atom stereocenters. The number of ether oxygens (including phenoxy) is 3. The van der Waals surface area contributed by atoms with Gasteiger partial charge in [0.05, 0.1) is 11.1 Å². The highest BCUT2D eigenvalue weighted by molar-refractivity contribution is 9.10. The second-order valence-corrected chi connectivity index (χ2v) is 8.82. The van der Waals surface area contributed by atoms with Crippen molar-refractivity contribution in [3.63, 3.8) is 0 Å². The third kappa shape index (κ3) is 4.68. The summed E-state index contributed by atoms with van der Waals surface area (Å²) < 4.78 is 18.8. The lowest BCUT2D eigenvalue weighted by molar-refractivity contribution is 0.223. The van der Waals surface area contributed by atoms with Crippen LogP contribution in [0.4, 0.5) is 5.69 Å². The largest absolute Gasteiger partial charge is 0.490 e. The molecule has 3 aromatic rings. The Balaban J connectivity index is 1.79. The Morgan fingerprint density at radius 1 is 1.22 bits per heavy atom. The summed E-state index contributed by atoms with van der Waals surface area (Å²) in [6.45, 7) is 8.56. The number of anilines is 1. The van der Waals surface area contributed by atoms with Crippen molar-refractivity contribution in [1.29, 1.82) is 0 Å². The molecule has 1 atom stereocenters. The second kappa shape index (κ2) is 10.2. The molecule has 1 aliphatic rings. The SMILES string of the molecule is C=CCOc1c(Br)cc([C@@H]2Nc3ccccc3-c3nnc(SCC)nc3O2)cc1OCC. The molecule has 0 aliphatic carbocycles. The van der Waals surface area contributed by atoms with Crippen molar-refractivity contribution in [2.75, 3.05) is 24.3 Å². The fourth-order valence-corrected chi connectivity index (χ4v) is 4.35. The first kappa shape index (κ1) is 22.4. The summed E-state index contributed by atoms with van der Waals surface area (Å²) in [5, 5.41) is 12.7. The number of benzene rings is 2. The van der Waals surface area contributed by atoms with Crippen molar-refractivity contribution >= 4 is 33.4 Å². The third-order valence-corrected chi connectivity index (χ3v) is 5.90. The van der Waals surface area contributed by atoms with Gasteiger partial charge in [-0.05, 0) is 46.8 Å². The Morgan fingerprint density at radius 2 is 2.06 bits per heavy atom. The lowest BCUT2D eigenvalue weighted by atomic mass is 10.1. The van der Waals surface area contributed by atoms with E-state index in [0.29, 0.717) is 41.4 Å². The lowest BCUT2D eigenvalue weighted by Gasteiger charge is -2.22. The molecule has 0 saturated carbocycles. The number of hydrogen-bond donors (Lipinski definition) is 1. The molecule has 2 aromatic carbocycles. The number of aromatic nitrogens is 3. The van der Waals surface area contributed by atoms with Crippen LogP contribution in [0.3, 0.4) is 0 Å². The minimum Gasteiger partial charge on any atom is -0.490 e. The smallest absolute Gasteiger partial charge is 0.247 e. The van der Waals surface area contributed by atoms with Crippen molar-refractivity contribution in [2.24, 2.45) is 0 Å². The standard InChI is InChI=1S/C23H23BrN4O3S/c1-4-11-30-20-16(24)12-14(13-18(20)29-5-2)21-25-17-10-8-7-9-15(17)19-22(31-21)26-23(28-27-19)32-6-3/h4,7-10,12-13,21,25H,1,5-6,11H2,2-3H3/t21-/m1/s1. The molecular formula is C23H23BrN4O3S.